The number of halogens is 1. The first-order chi connectivity index (χ1) is 18.7. The Balaban J connectivity index is 1.43. The van der Waals surface area contributed by atoms with Crippen molar-refractivity contribution < 1.29 is 9.13 Å². The fourth-order valence-electron chi connectivity index (χ4n) is 4.91. The number of piperidine rings is 1. The lowest BCUT2D eigenvalue weighted by Gasteiger charge is -2.24. The molecule has 1 atom stereocenters. The SMILES string of the molecule is Nc1ncc(C=Cc2ccc(F)cc2)c2c1c(-c1ccc(Oc3ccccc3)cc1)nn2C1CCCNC1. The van der Waals surface area contributed by atoms with Crippen molar-refractivity contribution in [3.63, 3.8) is 0 Å². The second-order valence-electron chi connectivity index (χ2n) is 9.44. The van der Waals surface area contributed by atoms with Gasteiger partial charge in [-0.15, -0.1) is 0 Å². The standard InChI is InChI=1S/C31H28FN5O/c32-24-14-9-21(10-15-24)8-11-23-19-35-31(33)28-29(36-37(30(23)28)25-5-4-18-34-20-25)22-12-16-27(17-13-22)38-26-6-2-1-3-7-26/h1-3,6-17,19,25,34H,4-5,18,20H2,(H2,33,35). The van der Waals surface area contributed by atoms with Crippen LogP contribution in [0.4, 0.5) is 10.2 Å². The van der Waals surface area contributed by atoms with E-state index in [-0.39, 0.29) is 11.9 Å². The number of para-hydroxylation sites is 1. The maximum absolute atomic E-state index is 13.4. The van der Waals surface area contributed by atoms with E-state index in [1.54, 1.807) is 18.3 Å². The molecule has 3 N–H and O–H groups in total. The minimum absolute atomic E-state index is 0.195. The normalized spacial score (nSPS) is 15.8. The van der Waals surface area contributed by atoms with Gasteiger partial charge in [-0.25, -0.2) is 9.37 Å². The number of rotatable bonds is 6. The average Bonchev–Trinajstić information content (AvgIpc) is 3.37. The summed E-state index contributed by atoms with van der Waals surface area (Å²) < 4.78 is 21.5. The van der Waals surface area contributed by atoms with Crippen LogP contribution >= 0.6 is 0 Å². The molecule has 0 bridgehead atoms. The summed E-state index contributed by atoms with van der Waals surface area (Å²) in [6, 6.07) is 24.2. The summed E-state index contributed by atoms with van der Waals surface area (Å²) in [6.07, 6.45) is 7.84. The molecule has 1 aliphatic rings. The van der Waals surface area contributed by atoms with Crippen molar-refractivity contribution in [1.82, 2.24) is 20.1 Å². The van der Waals surface area contributed by atoms with Crippen LogP contribution in [0.5, 0.6) is 11.5 Å². The van der Waals surface area contributed by atoms with Crippen LogP contribution in [-0.4, -0.2) is 27.9 Å². The van der Waals surface area contributed by atoms with Gasteiger partial charge >= 0.3 is 0 Å². The Morgan fingerprint density at radius 1 is 0.947 bits per heavy atom. The Kier molecular flexibility index (Phi) is 6.58. The molecule has 0 amide bonds. The molecule has 2 aromatic heterocycles. The average molecular weight is 506 g/mol. The number of nitrogens with one attached hydrogen (secondary N) is 1. The monoisotopic (exact) mass is 505 g/mol. The summed E-state index contributed by atoms with van der Waals surface area (Å²) in [6.45, 7) is 1.84. The van der Waals surface area contributed by atoms with Gasteiger partial charge in [0.15, 0.2) is 0 Å². The van der Waals surface area contributed by atoms with E-state index in [0.717, 1.165) is 70.7 Å². The lowest BCUT2D eigenvalue weighted by Crippen LogP contribution is -2.32. The third-order valence-electron chi connectivity index (χ3n) is 6.83. The number of ether oxygens (including phenoxy) is 1. The predicted molar refractivity (Wildman–Crippen MR) is 150 cm³/mol. The van der Waals surface area contributed by atoms with Gasteiger partial charge in [-0.05, 0) is 73.5 Å². The fraction of sp³-hybridized carbons (Fsp3) is 0.161. The van der Waals surface area contributed by atoms with Crippen LogP contribution in [0.1, 0.15) is 30.0 Å². The van der Waals surface area contributed by atoms with Gasteiger partial charge in [-0.2, -0.15) is 5.10 Å². The zero-order valence-electron chi connectivity index (χ0n) is 20.8. The Morgan fingerprint density at radius 3 is 2.45 bits per heavy atom. The predicted octanol–water partition coefficient (Wildman–Crippen LogP) is 6.71. The van der Waals surface area contributed by atoms with E-state index in [2.05, 4.69) is 15.0 Å². The number of fused-ring (bicyclic) bond motifs is 1. The van der Waals surface area contributed by atoms with Crippen molar-refractivity contribution in [2.45, 2.75) is 18.9 Å². The molecule has 7 heteroatoms. The summed E-state index contributed by atoms with van der Waals surface area (Å²) in [5.41, 5.74) is 11.0. The molecule has 1 aliphatic heterocycles. The minimum Gasteiger partial charge on any atom is -0.457 e. The maximum atomic E-state index is 13.4. The molecule has 38 heavy (non-hydrogen) atoms. The van der Waals surface area contributed by atoms with Crippen molar-refractivity contribution in [1.29, 1.82) is 0 Å². The maximum Gasteiger partial charge on any atom is 0.135 e. The summed E-state index contributed by atoms with van der Waals surface area (Å²) in [4.78, 5) is 4.52. The molecule has 1 unspecified atom stereocenters. The number of nitrogen functional groups attached to an aromatic ring is 1. The molecule has 6 rings (SSSR count). The number of pyridine rings is 1. The first kappa shape index (κ1) is 23.9. The molecule has 0 spiro atoms. The number of anilines is 1. The van der Waals surface area contributed by atoms with Gasteiger partial charge in [0, 0.05) is 23.9 Å². The highest BCUT2D eigenvalue weighted by molar-refractivity contribution is 6.04. The molecule has 1 fully saturated rings. The lowest BCUT2D eigenvalue weighted by atomic mass is 10.0. The summed E-state index contributed by atoms with van der Waals surface area (Å²) >= 11 is 0. The third-order valence-corrected chi connectivity index (χ3v) is 6.83. The minimum atomic E-state index is -0.258. The van der Waals surface area contributed by atoms with E-state index in [1.165, 1.54) is 12.1 Å². The van der Waals surface area contributed by atoms with Gasteiger partial charge in [0.05, 0.1) is 16.9 Å². The van der Waals surface area contributed by atoms with E-state index in [9.17, 15) is 4.39 Å². The fourth-order valence-corrected chi connectivity index (χ4v) is 4.91. The molecule has 5 aromatic rings. The van der Waals surface area contributed by atoms with Crippen LogP contribution < -0.4 is 15.8 Å². The third kappa shape index (κ3) is 4.88. The Morgan fingerprint density at radius 2 is 1.71 bits per heavy atom. The molecule has 0 radical (unpaired) electrons. The van der Waals surface area contributed by atoms with Crippen molar-refractivity contribution in [3.05, 3.63) is 102 Å². The zero-order chi connectivity index (χ0) is 25.9. The number of nitrogens with two attached hydrogens (primary N) is 1. The second-order valence-corrected chi connectivity index (χ2v) is 9.44. The number of hydrogen-bond donors (Lipinski definition) is 2. The Labute approximate surface area is 220 Å². The van der Waals surface area contributed by atoms with Crippen LogP contribution in [0.2, 0.25) is 0 Å². The highest BCUT2D eigenvalue weighted by Gasteiger charge is 2.24. The molecule has 1 saturated heterocycles. The molecule has 190 valence electrons. The van der Waals surface area contributed by atoms with Crippen LogP contribution in [0, 0.1) is 5.82 Å². The molecule has 0 saturated carbocycles. The highest BCUT2D eigenvalue weighted by Crippen LogP contribution is 2.37. The summed E-state index contributed by atoms with van der Waals surface area (Å²) in [5, 5.41) is 9.44. The van der Waals surface area contributed by atoms with E-state index in [1.807, 2.05) is 66.7 Å². The van der Waals surface area contributed by atoms with Crippen molar-refractivity contribution in [3.8, 4) is 22.8 Å². The molecule has 0 aliphatic carbocycles. The van der Waals surface area contributed by atoms with Gasteiger partial charge in [-0.3, -0.25) is 4.68 Å². The largest absolute Gasteiger partial charge is 0.457 e. The second kappa shape index (κ2) is 10.5. The summed E-state index contributed by atoms with van der Waals surface area (Å²) in [5.74, 6) is 1.71. The van der Waals surface area contributed by atoms with Crippen molar-refractivity contribution >= 4 is 28.9 Å². The van der Waals surface area contributed by atoms with Gasteiger partial charge in [0.1, 0.15) is 28.8 Å². The number of nitrogens with zero attached hydrogens (tertiary/aromatic N) is 3. The van der Waals surface area contributed by atoms with Crippen LogP contribution in [0.15, 0.2) is 85.1 Å². The Bertz CT molecular complexity index is 1570. The van der Waals surface area contributed by atoms with Gasteiger partial charge in [-0.1, -0.05) is 42.5 Å². The Hall–Kier alpha value is -4.49. The van der Waals surface area contributed by atoms with E-state index in [4.69, 9.17) is 15.6 Å². The zero-order valence-corrected chi connectivity index (χ0v) is 20.8. The molecular weight excluding hydrogens is 477 g/mol. The number of hydrogen-bond acceptors (Lipinski definition) is 5. The topological polar surface area (TPSA) is 78.0 Å². The van der Waals surface area contributed by atoms with Gasteiger partial charge in [0.2, 0.25) is 0 Å². The quantitative estimate of drug-likeness (QED) is 0.268. The highest BCUT2D eigenvalue weighted by atomic mass is 19.1. The van der Waals surface area contributed by atoms with E-state index >= 15 is 0 Å². The van der Waals surface area contributed by atoms with Gasteiger partial charge < -0.3 is 15.8 Å². The van der Waals surface area contributed by atoms with Crippen LogP contribution in [-0.2, 0) is 0 Å². The summed E-state index contributed by atoms with van der Waals surface area (Å²) in [7, 11) is 0. The van der Waals surface area contributed by atoms with Crippen LogP contribution in [0.25, 0.3) is 34.3 Å². The van der Waals surface area contributed by atoms with Crippen molar-refractivity contribution in [2.75, 3.05) is 18.8 Å². The van der Waals surface area contributed by atoms with E-state index < -0.39 is 0 Å². The van der Waals surface area contributed by atoms with Crippen molar-refractivity contribution in [2.24, 2.45) is 0 Å². The van der Waals surface area contributed by atoms with E-state index in [0.29, 0.717) is 5.82 Å². The number of benzene rings is 3. The first-order valence-electron chi connectivity index (χ1n) is 12.8. The molecular formula is C31H28FN5O. The molecule has 3 heterocycles. The number of aromatic nitrogens is 3. The van der Waals surface area contributed by atoms with Gasteiger partial charge in [0.25, 0.3) is 0 Å². The molecule has 6 nitrogen and oxygen atoms in total. The van der Waals surface area contributed by atoms with Crippen LogP contribution in [0.3, 0.4) is 0 Å². The molecule has 3 aromatic carbocycles. The smallest absolute Gasteiger partial charge is 0.135 e. The first-order valence-corrected chi connectivity index (χ1v) is 12.8. The lowest BCUT2D eigenvalue weighted by molar-refractivity contribution is 0.355.